The van der Waals surface area contributed by atoms with E-state index in [1.54, 1.807) is 0 Å². The van der Waals surface area contributed by atoms with Crippen LogP contribution in [0.4, 0.5) is 5.82 Å². The van der Waals surface area contributed by atoms with Gasteiger partial charge in [0.05, 0.1) is 5.39 Å². The molecular weight excluding hydrogens is 434 g/mol. The number of anilines is 1. The highest BCUT2D eigenvalue weighted by Crippen LogP contribution is 2.39. The van der Waals surface area contributed by atoms with Gasteiger partial charge in [0.25, 0.3) is 0 Å². The molecule has 1 aliphatic carbocycles. The van der Waals surface area contributed by atoms with Gasteiger partial charge >= 0.3 is 0 Å². The molecule has 0 bridgehead atoms. The first-order chi connectivity index (χ1) is 17.2. The van der Waals surface area contributed by atoms with Crippen molar-refractivity contribution in [2.45, 2.75) is 56.9 Å². The second-order valence-electron chi connectivity index (χ2n) is 9.97. The Morgan fingerprint density at radius 1 is 0.857 bits per heavy atom. The second kappa shape index (κ2) is 9.70. The molecule has 1 aliphatic heterocycles. The first-order valence-corrected chi connectivity index (χ1v) is 13.0. The molecule has 0 spiro atoms. The van der Waals surface area contributed by atoms with E-state index in [0.29, 0.717) is 17.4 Å². The number of rotatable bonds is 5. The highest BCUT2D eigenvalue weighted by atomic mass is 16.5. The Morgan fingerprint density at radius 2 is 1.57 bits per heavy atom. The Bertz CT molecular complexity index is 1270. The van der Waals surface area contributed by atoms with Crippen molar-refractivity contribution in [3.63, 3.8) is 0 Å². The van der Waals surface area contributed by atoms with Crippen molar-refractivity contribution in [2.24, 2.45) is 0 Å². The van der Waals surface area contributed by atoms with Crippen molar-refractivity contribution in [3.05, 3.63) is 66.4 Å². The Hall–Kier alpha value is -3.38. The molecule has 180 valence electrons. The Kier molecular flexibility index (Phi) is 6.13. The van der Waals surface area contributed by atoms with Crippen LogP contribution in [0, 0.1) is 0 Å². The first kappa shape index (κ1) is 22.1. The summed E-state index contributed by atoms with van der Waals surface area (Å²) in [6, 6.07) is 21.0. The Labute approximate surface area is 206 Å². The maximum Gasteiger partial charge on any atom is 0.183 e. The standard InChI is InChI=1S/C29H33N5O/c30-28-27-25(20-11-15-24(16-12-20)35-23-7-3-1-4-8-23)19-26(31-29(27)33-32-28)21-9-13-22(14-10-21)34-17-5-2-6-18-34/h1,3-4,7-8,11-12,15-16,19,21-22H,2,5-6,9-10,13-14,17-18H2,(H3,30,31,32,33). The number of likely N-dealkylation sites (tertiary alicyclic amines) is 1. The summed E-state index contributed by atoms with van der Waals surface area (Å²) >= 11 is 0. The SMILES string of the molecule is Nc1[nH]nc2nc(C3CCC(N4CCCCC4)CC3)cc(-c3ccc(Oc4ccccc4)cc3)c12. The number of hydrogen-bond donors (Lipinski definition) is 2. The third-order valence-electron chi connectivity index (χ3n) is 7.74. The van der Waals surface area contributed by atoms with E-state index in [4.69, 9.17) is 15.5 Å². The fourth-order valence-electron chi connectivity index (χ4n) is 5.85. The van der Waals surface area contributed by atoms with E-state index < -0.39 is 0 Å². The van der Waals surface area contributed by atoms with Crippen molar-refractivity contribution in [3.8, 4) is 22.6 Å². The molecule has 1 saturated heterocycles. The molecular formula is C29H33N5O. The van der Waals surface area contributed by atoms with Crippen LogP contribution in [0.1, 0.15) is 56.6 Å². The Morgan fingerprint density at radius 3 is 2.31 bits per heavy atom. The summed E-state index contributed by atoms with van der Waals surface area (Å²) < 4.78 is 5.98. The van der Waals surface area contributed by atoms with E-state index in [0.717, 1.165) is 39.7 Å². The molecule has 35 heavy (non-hydrogen) atoms. The van der Waals surface area contributed by atoms with Gasteiger partial charge < -0.3 is 15.4 Å². The van der Waals surface area contributed by atoms with Gasteiger partial charge in [-0.2, -0.15) is 5.10 Å². The fourth-order valence-corrected chi connectivity index (χ4v) is 5.85. The van der Waals surface area contributed by atoms with E-state index in [-0.39, 0.29) is 0 Å². The number of nitrogen functional groups attached to an aromatic ring is 1. The number of nitrogens with one attached hydrogen (secondary N) is 1. The summed E-state index contributed by atoms with van der Waals surface area (Å²) in [7, 11) is 0. The van der Waals surface area contributed by atoms with Crippen LogP contribution in [0.25, 0.3) is 22.2 Å². The van der Waals surface area contributed by atoms with Crippen LogP contribution in [0.3, 0.4) is 0 Å². The maximum atomic E-state index is 6.29. The van der Waals surface area contributed by atoms with Crippen LogP contribution in [-0.4, -0.2) is 39.2 Å². The predicted molar refractivity (Wildman–Crippen MR) is 141 cm³/mol. The van der Waals surface area contributed by atoms with Gasteiger partial charge in [0.2, 0.25) is 0 Å². The minimum atomic E-state index is 0.470. The number of piperidine rings is 1. The normalized spacial score (nSPS) is 21.3. The molecule has 2 aliphatic rings. The number of nitrogens with zero attached hydrogens (tertiary/aromatic N) is 3. The number of fused-ring (bicyclic) bond motifs is 1. The molecule has 2 fully saturated rings. The van der Waals surface area contributed by atoms with Crippen molar-refractivity contribution < 1.29 is 4.74 Å². The van der Waals surface area contributed by atoms with Crippen molar-refractivity contribution in [1.82, 2.24) is 20.1 Å². The minimum absolute atomic E-state index is 0.470. The molecule has 1 saturated carbocycles. The van der Waals surface area contributed by atoms with Crippen molar-refractivity contribution in [1.29, 1.82) is 0 Å². The summed E-state index contributed by atoms with van der Waals surface area (Å²) in [6.45, 7) is 2.56. The molecule has 4 aromatic rings. The lowest BCUT2D eigenvalue weighted by molar-refractivity contribution is 0.125. The molecule has 3 heterocycles. The van der Waals surface area contributed by atoms with E-state index in [1.807, 2.05) is 42.5 Å². The minimum Gasteiger partial charge on any atom is -0.457 e. The lowest BCUT2D eigenvalue weighted by atomic mass is 9.82. The molecule has 0 unspecified atom stereocenters. The number of hydrogen-bond acceptors (Lipinski definition) is 5. The average molecular weight is 468 g/mol. The van der Waals surface area contributed by atoms with Gasteiger partial charge in [-0.3, -0.25) is 5.10 Å². The highest BCUT2D eigenvalue weighted by molar-refractivity contribution is 6.00. The van der Waals surface area contributed by atoms with Gasteiger partial charge in [0, 0.05) is 17.7 Å². The summed E-state index contributed by atoms with van der Waals surface area (Å²) in [6.07, 6.45) is 8.99. The summed E-state index contributed by atoms with van der Waals surface area (Å²) in [5.41, 5.74) is 10.3. The van der Waals surface area contributed by atoms with Crippen LogP contribution in [0.15, 0.2) is 60.7 Å². The highest BCUT2D eigenvalue weighted by Gasteiger charge is 2.29. The number of para-hydroxylation sites is 1. The number of aromatic amines is 1. The van der Waals surface area contributed by atoms with Crippen LogP contribution < -0.4 is 10.5 Å². The first-order valence-electron chi connectivity index (χ1n) is 13.0. The zero-order valence-corrected chi connectivity index (χ0v) is 20.1. The van der Waals surface area contributed by atoms with E-state index in [2.05, 4.69) is 33.3 Å². The quantitative estimate of drug-likeness (QED) is 0.350. The topological polar surface area (TPSA) is 80.1 Å². The van der Waals surface area contributed by atoms with E-state index in [9.17, 15) is 0 Å². The predicted octanol–water partition coefficient (Wildman–Crippen LogP) is 6.51. The second-order valence-corrected chi connectivity index (χ2v) is 9.97. The number of nitrogens with two attached hydrogens (primary N) is 1. The maximum absolute atomic E-state index is 6.29. The lowest BCUT2D eigenvalue weighted by Crippen LogP contribution is -2.41. The van der Waals surface area contributed by atoms with Gasteiger partial charge in [-0.1, -0.05) is 36.8 Å². The molecule has 2 aromatic carbocycles. The molecule has 3 N–H and O–H groups in total. The number of pyridine rings is 1. The number of benzene rings is 2. The molecule has 0 radical (unpaired) electrons. The average Bonchev–Trinajstić information content (AvgIpc) is 3.30. The van der Waals surface area contributed by atoms with Crippen LogP contribution in [-0.2, 0) is 0 Å². The number of aromatic nitrogens is 3. The van der Waals surface area contributed by atoms with Gasteiger partial charge in [0.1, 0.15) is 17.3 Å². The van der Waals surface area contributed by atoms with Gasteiger partial charge in [-0.05, 0) is 93.1 Å². The fraction of sp³-hybridized carbons (Fsp3) is 0.379. The third-order valence-corrected chi connectivity index (χ3v) is 7.74. The smallest absolute Gasteiger partial charge is 0.183 e. The number of ether oxygens (including phenoxy) is 1. The molecule has 0 atom stereocenters. The van der Waals surface area contributed by atoms with Crippen molar-refractivity contribution >= 4 is 16.9 Å². The van der Waals surface area contributed by atoms with Crippen LogP contribution >= 0.6 is 0 Å². The zero-order valence-electron chi connectivity index (χ0n) is 20.1. The van der Waals surface area contributed by atoms with Gasteiger partial charge in [-0.15, -0.1) is 0 Å². The lowest BCUT2D eigenvalue weighted by Gasteiger charge is -2.38. The summed E-state index contributed by atoms with van der Waals surface area (Å²) in [5, 5.41) is 8.27. The zero-order chi connectivity index (χ0) is 23.6. The molecule has 0 amide bonds. The molecule has 2 aromatic heterocycles. The van der Waals surface area contributed by atoms with E-state index in [1.165, 1.54) is 58.0 Å². The van der Waals surface area contributed by atoms with E-state index >= 15 is 0 Å². The van der Waals surface area contributed by atoms with Crippen LogP contribution in [0.5, 0.6) is 11.5 Å². The summed E-state index contributed by atoms with van der Waals surface area (Å²) in [4.78, 5) is 7.69. The van der Waals surface area contributed by atoms with Crippen molar-refractivity contribution in [2.75, 3.05) is 18.8 Å². The third kappa shape index (κ3) is 4.63. The summed E-state index contributed by atoms with van der Waals surface area (Å²) in [5.74, 6) is 2.67. The number of H-pyrrole nitrogens is 1. The molecule has 6 nitrogen and oxygen atoms in total. The Balaban J connectivity index is 1.25. The largest absolute Gasteiger partial charge is 0.457 e. The molecule has 6 rings (SSSR count). The molecule has 6 heteroatoms. The monoisotopic (exact) mass is 467 g/mol. The van der Waals surface area contributed by atoms with Gasteiger partial charge in [0.15, 0.2) is 5.65 Å². The van der Waals surface area contributed by atoms with Gasteiger partial charge in [-0.25, -0.2) is 4.98 Å². The van der Waals surface area contributed by atoms with Crippen LogP contribution in [0.2, 0.25) is 0 Å².